The largest absolute Gasteiger partial charge is 0.481 e. The van der Waals surface area contributed by atoms with Crippen molar-refractivity contribution in [3.63, 3.8) is 0 Å². The number of nitrogens with zero attached hydrogens (tertiary/aromatic N) is 1. The topological polar surface area (TPSA) is 101 Å². The second-order valence-electron chi connectivity index (χ2n) is 3.16. The van der Waals surface area contributed by atoms with Gasteiger partial charge >= 0.3 is 17.8 Å². The normalized spacial score (nSPS) is 10.5. The van der Waals surface area contributed by atoms with Crippen LogP contribution in [0.2, 0.25) is 0 Å². The molecule has 0 amide bonds. The zero-order chi connectivity index (χ0) is 11.7. The third kappa shape index (κ3) is 1.72. The van der Waals surface area contributed by atoms with Crippen LogP contribution in [0, 0.1) is 0 Å². The lowest BCUT2D eigenvalue weighted by molar-refractivity contribution is -0.136. The molecule has 0 radical (unpaired) electrons. The standard InChI is InChI=1S/C10H7NO5/c12-7(13)4-5-2-1-3-6-8(5)16-9(11-6)10(14)15/h1-3H,4H2,(H,12,13)(H,14,15). The number of aliphatic carboxylic acids is 1. The van der Waals surface area contributed by atoms with E-state index in [1.165, 1.54) is 0 Å². The van der Waals surface area contributed by atoms with E-state index in [2.05, 4.69) is 4.98 Å². The highest BCUT2D eigenvalue weighted by molar-refractivity contribution is 5.88. The van der Waals surface area contributed by atoms with Crippen LogP contribution < -0.4 is 0 Å². The van der Waals surface area contributed by atoms with E-state index in [0.717, 1.165) is 0 Å². The lowest BCUT2D eigenvalue weighted by Gasteiger charge is -1.95. The van der Waals surface area contributed by atoms with Crippen molar-refractivity contribution >= 4 is 23.0 Å². The van der Waals surface area contributed by atoms with Gasteiger partial charge in [-0.1, -0.05) is 12.1 Å². The molecule has 0 aliphatic rings. The van der Waals surface area contributed by atoms with Crippen LogP contribution in [-0.4, -0.2) is 27.1 Å². The Balaban J connectivity index is 2.58. The number of rotatable bonds is 3. The molecule has 1 aromatic heterocycles. The third-order valence-corrected chi connectivity index (χ3v) is 2.02. The van der Waals surface area contributed by atoms with E-state index in [-0.39, 0.29) is 12.0 Å². The molecule has 0 fully saturated rings. The van der Waals surface area contributed by atoms with Gasteiger partial charge in [0.2, 0.25) is 0 Å². The molecule has 2 N–H and O–H groups in total. The van der Waals surface area contributed by atoms with E-state index in [4.69, 9.17) is 14.6 Å². The van der Waals surface area contributed by atoms with Gasteiger partial charge in [-0.05, 0) is 6.07 Å². The summed E-state index contributed by atoms with van der Waals surface area (Å²) in [5, 5.41) is 17.4. The molecule has 6 nitrogen and oxygen atoms in total. The van der Waals surface area contributed by atoms with Gasteiger partial charge < -0.3 is 14.6 Å². The van der Waals surface area contributed by atoms with Crippen LogP contribution in [0.15, 0.2) is 22.6 Å². The van der Waals surface area contributed by atoms with Gasteiger partial charge in [-0.3, -0.25) is 4.79 Å². The number of carboxylic acid groups (broad SMARTS) is 2. The van der Waals surface area contributed by atoms with Gasteiger partial charge in [0, 0.05) is 5.56 Å². The fourth-order valence-corrected chi connectivity index (χ4v) is 1.40. The van der Waals surface area contributed by atoms with Crippen LogP contribution >= 0.6 is 0 Å². The Labute approximate surface area is 89.1 Å². The molecular weight excluding hydrogens is 214 g/mol. The summed E-state index contributed by atoms with van der Waals surface area (Å²) in [6.45, 7) is 0. The first-order valence-corrected chi connectivity index (χ1v) is 4.41. The molecule has 16 heavy (non-hydrogen) atoms. The minimum absolute atomic E-state index is 0.210. The molecule has 0 spiro atoms. The molecule has 0 atom stereocenters. The van der Waals surface area contributed by atoms with Crippen LogP contribution in [0.5, 0.6) is 0 Å². The summed E-state index contributed by atoms with van der Waals surface area (Å²) in [4.78, 5) is 24.9. The molecule has 0 unspecified atom stereocenters. The molecule has 0 saturated carbocycles. The van der Waals surface area contributed by atoms with Gasteiger partial charge in [0.1, 0.15) is 5.52 Å². The summed E-state index contributed by atoms with van der Waals surface area (Å²) in [6.07, 6.45) is -0.231. The number of oxazole rings is 1. The highest BCUT2D eigenvalue weighted by Crippen LogP contribution is 2.20. The minimum atomic E-state index is -1.28. The Bertz CT molecular complexity index is 572. The van der Waals surface area contributed by atoms with Crippen LogP contribution in [-0.2, 0) is 11.2 Å². The molecule has 6 heteroatoms. The Morgan fingerprint density at radius 2 is 2.06 bits per heavy atom. The summed E-state index contributed by atoms with van der Waals surface area (Å²) in [7, 11) is 0. The number of hydrogen-bond donors (Lipinski definition) is 2. The summed E-state index contributed by atoms with van der Waals surface area (Å²) < 4.78 is 4.99. The smallest absolute Gasteiger partial charge is 0.392 e. The minimum Gasteiger partial charge on any atom is -0.481 e. The van der Waals surface area contributed by atoms with Gasteiger partial charge in [-0.25, -0.2) is 9.78 Å². The molecule has 0 aliphatic carbocycles. The second-order valence-corrected chi connectivity index (χ2v) is 3.16. The maximum atomic E-state index is 10.6. The Kier molecular flexibility index (Phi) is 2.32. The van der Waals surface area contributed by atoms with Crippen molar-refractivity contribution in [2.24, 2.45) is 0 Å². The van der Waals surface area contributed by atoms with E-state index in [9.17, 15) is 9.59 Å². The Morgan fingerprint density at radius 3 is 2.69 bits per heavy atom. The van der Waals surface area contributed by atoms with Crippen LogP contribution in [0.4, 0.5) is 0 Å². The van der Waals surface area contributed by atoms with Crippen molar-refractivity contribution in [1.29, 1.82) is 0 Å². The molecule has 2 rings (SSSR count). The highest BCUT2D eigenvalue weighted by Gasteiger charge is 2.15. The summed E-state index contributed by atoms with van der Waals surface area (Å²) >= 11 is 0. The first kappa shape index (κ1) is 10.2. The molecule has 82 valence electrons. The Hall–Kier alpha value is -2.37. The number of aromatic carboxylic acids is 1. The van der Waals surface area contributed by atoms with E-state index in [1.54, 1.807) is 18.2 Å². The summed E-state index contributed by atoms with van der Waals surface area (Å²) in [5.41, 5.74) is 0.962. The Morgan fingerprint density at radius 1 is 1.31 bits per heavy atom. The lowest BCUT2D eigenvalue weighted by atomic mass is 10.1. The number of fused-ring (bicyclic) bond motifs is 1. The van der Waals surface area contributed by atoms with Crippen LogP contribution in [0.1, 0.15) is 16.2 Å². The third-order valence-electron chi connectivity index (χ3n) is 2.02. The first-order valence-electron chi connectivity index (χ1n) is 4.41. The van der Waals surface area contributed by atoms with E-state index >= 15 is 0 Å². The zero-order valence-electron chi connectivity index (χ0n) is 8.01. The van der Waals surface area contributed by atoms with Gasteiger partial charge in [-0.2, -0.15) is 0 Å². The maximum Gasteiger partial charge on any atom is 0.392 e. The fraction of sp³-hybridized carbons (Fsp3) is 0.100. The van der Waals surface area contributed by atoms with Gasteiger partial charge in [0.25, 0.3) is 0 Å². The number of benzene rings is 1. The monoisotopic (exact) mass is 221 g/mol. The number of para-hydroxylation sites is 1. The quantitative estimate of drug-likeness (QED) is 0.806. The molecule has 2 aromatic rings. The molecule has 1 aromatic carbocycles. The highest BCUT2D eigenvalue weighted by atomic mass is 16.4. The number of aromatic nitrogens is 1. The first-order chi connectivity index (χ1) is 7.58. The van der Waals surface area contributed by atoms with E-state index < -0.39 is 17.8 Å². The van der Waals surface area contributed by atoms with Crippen molar-refractivity contribution in [3.8, 4) is 0 Å². The van der Waals surface area contributed by atoms with Gasteiger partial charge in [0.15, 0.2) is 5.58 Å². The summed E-state index contributed by atoms with van der Waals surface area (Å²) in [6, 6.07) is 4.73. The fourth-order valence-electron chi connectivity index (χ4n) is 1.40. The molecular formula is C10H7NO5. The van der Waals surface area contributed by atoms with E-state index in [0.29, 0.717) is 11.1 Å². The average Bonchev–Trinajstić information content (AvgIpc) is 2.61. The number of hydrogen-bond acceptors (Lipinski definition) is 4. The van der Waals surface area contributed by atoms with Crippen LogP contribution in [0.3, 0.4) is 0 Å². The maximum absolute atomic E-state index is 10.6. The lowest BCUT2D eigenvalue weighted by Crippen LogP contribution is -1.99. The van der Waals surface area contributed by atoms with Crippen LogP contribution in [0.25, 0.3) is 11.1 Å². The van der Waals surface area contributed by atoms with E-state index in [1.807, 2.05) is 0 Å². The molecule has 0 bridgehead atoms. The van der Waals surface area contributed by atoms with Gasteiger partial charge in [0.05, 0.1) is 6.42 Å². The van der Waals surface area contributed by atoms with Crippen molar-refractivity contribution < 1.29 is 24.2 Å². The molecule has 0 aliphatic heterocycles. The zero-order valence-corrected chi connectivity index (χ0v) is 8.01. The predicted molar refractivity (Wildman–Crippen MR) is 52.3 cm³/mol. The molecule has 0 saturated heterocycles. The van der Waals surface area contributed by atoms with Crippen molar-refractivity contribution in [3.05, 3.63) is 29.7 Å². The van der Waals surface area contributed by atoms with Crippen molar-refractivity contribution in [2.45, 2.75) is 6.42 Å². The average molecular weight is 221 g/mol. The number of carbonyl (C=O) groups is 2. The summed E-state index contributed by atoms with van der Waals surface area (Å²) in [5.74, 6) is -2.73. The second kappa shape index (κ2) is 3.65. The van der Waals surface area contributed by atoms with Crippen molar-refractivity contribution in [2.75, 3.05) is 0 Å². The number of carboxylic acids is 2. The predicted octanol–water partition coefficient (Wildman–Crippen LogP) is 1.15. The molecule has 1 heterocycles. The van der Waals surface area contributed by atoms with Crippen molar-refractivity contribution in [1.82, 2.24) is 4.98 Å². The SMILES string of the molecule is O=C(O)Cc1cccc2nc(C(=O)O)oc12. The van der Waals surface area contributed by atoms with Gasteiger partial charge in [-0.15, -0.1) is 0 Å².